The van der Waals surface area contributed by atoms with E-state index < -0.39 is 0 Å². The summed E-state index contributed by atoms with van der Waals surface area (Å²) in [5.41, 5.74) is 3.46. The number of H-pyrrole nitrogens is 1. The first-order valence-electron chi connectivity index (χ1n) is 10.5. The lowest BCUT2D eigenvalue weighted by molar-refractivity contribution is -0.121. The number of para-hydroxylation sites is 1. The Kier molecular flexibility index (Phi) is 6.45. The van der Waals surface area contributed by atoms with Gasteiger partial charge in [-0.15, -0.1) is 0 Å². The van der Waals surface area contributed by atoms with Gasteiger partial charge in [-0.05, 0) is 30.2 Å². The fourth-order valence-electron chi connectivity index (χ4n) is 4.14. The summed E-state index contributed by atoms with van der Waals surface area (Å²) in [5, 5.41) is 4.04. The first-order valence-corrected chi connectivity index (χ1v) is 10.5. The molecule has 2 heterocycles. The van der Waals surface area contributed by atoms with E-state index in [1.54, 1.807) is 6.07 Å². The number of amides is 1. The average molecular weight is 410 g/mol. The molecule has 0 spiro atoms. The molecule has 158 valence electrons. The van der Waals surface area contributed by atoms with E-state index in [4.69, 9.17) is 4.74 Å². The Bertz CT molecular complexity index is 1010. The maximum absolute atomic E-state index is 14.8. The summed E-state index contributed by atoms with van der Waals surface area (Å²) in [6.45, 7) is 6.58. The Morgan fingerprint density at radius 3 is 2.83 bits per heavy atom. The Hall–Kier alpha value is -2.70. The zero-order valence-electron chi connectivity index (χ0n) is 17.3. The lowest BCUT2D eigenvalue weighted by atomic mass is 9.87. The molecule has 4 rings (SSSR count). The number of aromatic amines is 1. The van der Waals surface area contributed by atoms with Gasteiger partial charge in [-0.3, -0.25) is 9.69 Å². The summed E-state index contributed by atoms with van der Waals surface area (Å²) in [6.07, 6.45) is 2.10. The molecule has 6 heteroatoms. The Labute approximate surface area is 176 Å². The standard InChI is InChI=1S/C24H28FN3O2/c1-17-6-7-22(25)20(14-17)19(21-16-27-23-5-3-2-4-18(21)23)15-24(29)26-8-9-28-10-12-30-13-11-28/h2-7,14,16,19,27H,8-13,15H2,1H3,(H,26,29). The molecule has 0 bridgehead atoms. The molecule has 1 aliphatic heterocycles. The number of fused-ring (bicyclic) bond motifs is 1. The van der Waals surface area contributed by atoms with Gasteiger partial charge in [0.05, 0.1) is 13.2 Å². The molecule has 1 amide bonds. The summed E-state index contributed by atoms with van der Waals surface area (Å²) in [4.78, 5) is 18.3. The normalized spacial score (nSPS) is 15.9. The fraction of sp³-hybridized carbons (Fsp3) is 0.375. The van der Waals surface area contributed by atoms with Crippen molar-refractivity contribution in [2.24, 2.45) is 0 Å². The van der Waals surface area contributed by atoms with Crippen molar-refractivity contribution in [3.63, 3.8) is 0 Å². The van der Waals surface area contributed by atoms with Crippen molar-refractivity contribution < 1.29 is 13.9 Å². The van der Waals surface area contributed by atoms with Crippen LogP contribution in [0.15, 0.2) is 48.7 Å². The smallest absolute Gasteiger partial charge is 0.220 e. The van der Waals surface area contributed by atoms with E-state index in [1.807, 2.05) is 43.5 Å². The van der Waals surface area contributed by atoms with Gasteiger partial charge in [-0.2, -0.15) is 0 Å². The second-order valence-electron chi connectivity index (χ2n) is 7.88. The fourth-order valence-corrected chi connectivity index (χ4v) is 4.14. The maximum Gasteiger partial charge on any atom is 0.220 e. The zero-order valence-corrected chi connectivity index (χ0v) is 17.3. The number of carbonyl (C=O) groups is 1. The number of hydrogen-bond acceptors (Lipinski definition) is 3. The summed E-state index contributed by atoms with van der Waals surface area (Å²) in [6, 6.07) is 13.0. The van der Waals surface area contributed by atoms with Crippen molar-refractivity contribution in [2.75, 3.05) is 39.4 Å². The van der Waals surface area contributed by atoms with Crippen LogP contribution in [0.1, 0.15) is 29.0 Å². The topological polar surface area (TPSA) is 57.4 Å². The van der Waals surface area contributed by atoms with Gasteiger partial charge in [0.2, 0.25) is 5.91 Å². The molecule has 2 aromatic carbocycles. The summed E-state index contributed by atoms with van der Waals surface area (Å²) in [7, 11) is 0. The monoisotopic (exact) mass is 409 g/mol. The predicted octanol–water partition coefficient (Wildman–Crippen LogP) is 3.59. The minimum absolute atomic E-state index is 0.0700. The van der Waals surface area contributed by atoms with Crippen LogP contribution in [0.5, 0.6) is 0 Å². The van der Waals surface area contributed by atoms with Crippen molar-refractivity contribution in [1.82, 2.24) is 15.2 Å². The molecular weight excluding hydrogens is 381 g/mol. The van der Waals surface area contributed by atoms with Crippen molar-refractivity contribution in [3.8, 4) is 0 Å². The van der Waals surface area contributed by atoms with Crippen molar-refractivity contribution in [2.45, 2.75) is 19.3 Å². The maximum atomic E-state index is 14.8. The van der Waals surface area contributed by atoms with Gasteiger partial charge in [0.15, 0.2) is 0 Å². The van der Waals surface area contributed by atoms with Gasteiger partial charge in [0, 0.05) is 55.6 Å². The molecule has 1 fully saturated rings. The summed E-state index contributed by atoms with van der Waals surface area (Å²) >= 11 is 0. The number of benzene rings is 2. The predicted molar refractivity (Wildman–Crippen MR) is 116 cm³/mol. The summed E-state index contributed by atoms with van der Waals surface area (Å²) in [5.74, 6) is -0.708. The van der Waals surface area contributed by atoms with Crippen molar-refractivity contribution in [3.05, 3.63) is 71.2 Å². The number of nitrogens with one attached hydrogen (secondary N) is 2. The number of rotatable bonds is 7. The van der Waals surface area contributed by atoms with Crippen molar-refractivity contribution >= 4 is 16.8 Å². The van der Waals surface area contributed by atoms with Gasteiger partial charge in [0.25, 0.3) is 0 Å². The molecule has 3 aromatic rings. The van der Waals surface area contributed by atoms with Crippen LogP contribution in [0.4, 0.5) is 4.39 Å². The molecular formula is C24H28FN3O2. The van der Waals surface area contributed by atoms with Crippen LogP contribution in [0.3, 0.4) is 0 Å². The molecule has 0 saturated carbocycles. The van der Waals surface area contributed by atoms with E-state index in [0.717, 1.165) is 54.9 Å². The average Bonchev–Trinajstić information content (AvgIpc) is 3.19. The molecule has 1 aliphatic rings. The molecule has 0 radical (unpaired) electrons. The highest BCUT2D eigenvalue weighted by molar-refractivity contribution is 5.86. The van der Waals surface area contributed by atoms with Crippen LogP contribution in [0.25, 0.3) is 10.9 Å². The molecule has 1 atom stereocenters. The lowest BCUT2D eigenvalue weighted by Crippen LogP contribution is -2.41. The highest BCUT2D eigenvalue weighted by atomic mass is 19.1. The SMILES string of the molecule is Cc1ccc(F)c(C(CC(=O)NCCN2CCOCC2)c2c[nH]c3ccccc23)c1. The van der Waals surface area contributed by atoms with Crippen LogP contribution in [0, 0.1) is 12.7 Å². The van der Waals surface area contributed by atoms with E-state index in [1.165, 1.54) is 6.07 Å². The third kappa shape index (κ3) is 4.71. The Balaban J connectivity index is 1.53. The Morgan fingerprint density at radius 2 is 2.00 bits per heavy atom. The quantitative estimate of drug-likeness (QED) is 0.627. The second-order valence-corrected chi connectivity index (χ2v) is 7.88. The van der Waals surface area contributed by atoms with E-state index in [2.05, 4.69) is 15.2 Å². The highest BCUT2D eigenvalue weighted by Crippen LogP contribution is 2.35. The van der Waals surface area contributed by atoms with E-state index in [0.29, 0.717) is 12.1 Å². The molecule has 1 unspecified atom stereocenters. The van der Waals surface area contributed by atoms with Crippen molar-refractivity contribution in [1.29, 1.82) is 0 Å². The van der Waals surface area contributed by atoms with Crippen LogP contribution in [-0.2, 0) is 9.53 Å². The number of carbonyl (C=O) groups excluding carboxylic acids is 1. The molecule has 2 N–H and O–H groups in total. The third-order valence-electron chi connectivity index (χ3n) is 5.77. The first kappa shape index (κ1) is 20.6. The van der Waals surface area contributed by atoms with Crippen LogP contribution >= 0.6 is 0 Å². The van der Waals surface area contributed by atoms with Crippen LogP contribution in [-0.4, -0.2) is 55.2 Å². The lowest BCUT2D eigenvalue weighted by Gasteiger charge is -2.26. The van der Waals surface area contributed by atoms with E-state index in [9.17, 15) is 9.18 Å². The zero-order chi connectivity index (χ0) is 20.9. The van der Waals surface area contributed by atoms with Gasteiger partial charge >= 0.3 is 0 Å². The minimum Gasteiger partial charge on any atom is -0.379 e. The number of hydrogen-bond donors (Lipinski definition) is 2. The molecule has 1 aromatic heterocycles. The van der Waals surface area contributed by atoms with E-state index >= 15 is 0 Å². The second kappa shape index (κ2) is 9.41. The number of ether oxygens (including phenoxy) is 1. The minimum atomic E-state index is -0.357. The molecule has 0 aliphatic carbocycles. The number of halogens is 1. The van der Waals surface area contributed by atoms with Crippen LogP contribution < -0.4 is 5.32 Å². The number of nitrogens with zero attached hydrogens (tertiary/aromatic N) is 1. The highest BCUT2D eigenvalue weighted by Gasteiger charge is 2.24. The first-order chi connectivity index (χ1) is 14.6. The van der Waals surface area contributed by atoms with E-state index in [-0.39, 0.29) is 24.1 Å². The largest absolute Gasteiger partial charge is 0.379 e. The molecule has 1 saturated heterocycles. The van der Waals surface area contributed by atoms with Gasteiger partial charge in [-0.25, -0.2) is 4.39 Å². The van der Waals surface area contributed by atoms with Gasteiger partial charge in [-0.1, -0.05) is 35.9 Å². The molecule has 5 nitrogen and oxygen atoms in total. The van der Waals surface area contributed by atoms with Gasteiger partial charge < -0.3 is 15.0 Å². The number of aryl methyl sites for hydroxylation is 1. The summed E-state index contributed by atoms with van der Waals surface area (Å²) < 4.78 is 20.2. The Morgan fingerprint density at radius 1 is 1.20 bits per heavy atom. The number of morpholine rings is 1. The number of aromatic nitrogens is 1. The third-order valence-corrected chi connectivity index (χ3v) is 5.77. The van der Waals surface area contributed by atoms with Gasteiger partial charge in [0.1, 0.15) is 5.82 Å². The van der Waals surface area contributed by atoms with Crippen LogP contribution in [0.2, 0.25) is 0 Å². The molecule has 30 heavy (non-hydrogen) atoms.